The Labute approximate surface area is 188 Å². The van der Waals surface area contributed by atoms with Gasteiger partial charge in [-0.15, -0.1) is 0 Å². The summed E-state index contributed by atoms with van der Waals surface area (Å²) in [5.74, 6) is 4.58. The van der Waals surface area contributed by atoms with Crippen molar-refractivity contribution < 1.29 is 4.74 Å². The van der Waals surface area contributed by atoms with Crippen LogP contribution in [-0.2, 0) is 6.42 Å². The molecule has 2 rings (SSSR count). The van der Waals surface area contributed by atoms with Crippen LogP contribution in [0.5, 0.6) is 5.75 Å². The fourth-order valence-corrected chi connectivity index (χ4v) is 5.20. The van der Waals surface area contributed by atoms with Gasteiger partial charge in [-0.05, 0) is 86.0 Å². The molecule has 3 atom stereocenters. The van der Waals surface area contributed by atoms with Gasteiger partial charge in [0, 0.05) is 0 Å². The van der Waals surface area contributed by atoms with E-state index in [2.05, 4.69) is 54.5 Å². The van der Waals surface area contributed by atoms with Crippen molar-refractivity contribution in [2.45, 2.75) is 119 Å². The first-order valence-electron chi connectivity index (χ1n) is 13.0. The highest BCUT2D eigenvalue weighted by Gasteiger charge is 2.21. The maximum absolute atomic E-state index is 6.35. The van der Waals surface area contributed by atoms with E-state index in [-0.39, 0.29) is 0 Å². The van der Waals surface area contributed by atoms with Gasteiger partial charge in [-0.3, -0.25) is 0 Å². The molecule has 1 nitrogen and oxygen atoms in total. The molecule has 0 radical (unpaired) electrons. The fraction of sp³-hybridized carbons (Fsp3) is 0.793. The Morgan fingerprint density at radius 2 is 1.43 bits per heavy atom. The van der Waals surface area contributed by atoms with Crippen molar-refractivity contribution in [1.29, 1.82) is 0 Å². The first kappa shape index (κ1) is 25.3. The number of ether oxygens (including phenoxy) is 1. The number of hydrogen-bond donors (Lipinski definition) is 0. The lowest BCUT2D eigenvalue weighted by atomic mass is 9.89. The second-order valence-electron chi connectivity index (χ2n) is 11.1. The summed E-state index contributed by atoms with van der Waals surface area (Å²) >= 11 is 0. The SMILES string of the molecule is Cc1cc(C)c2c(c1C)OC[C@@H](CCC[C@H](C)CCC[C@H](C)CCCC(C)C)CC2. The molecule has 0 aromatic heterocycles. The summed E-state index contributed by atoms with van der Waals surface area (Å²) < 4.78 is 6.35. The zero-order chi connectivity index (χ0) is 22.1. The first-order chi connectivity index (χ1) is 14.3. The van der Waals surface area contributed by atoms with Gasteiger partial charge in [0.05, 0.1) is 6.61 Å². The smallest absolute Gasteiger partial charge is 0.125 e. The minimum absolute atomic E-state index is 0.727. The fourth-order valence-electron chi connectivity index (χ4n) is 5.20. The maximum Gasteiger partial charge on any atom is 0.125 e. The van der Waals surface area contributed by atoms with Crippen molar-refractivity contribution in [2.24, 2.45) is 23.7 Å². The molecule has 0 aliphatic carbocycles. The van der Waals surface area contributed by atoms with Gasteiger partial charge in [-0.1, -0.05) is 85.1 Å². The molecule has 1 aliphatic rings. The number of aryl methyl sites for hydroxylation is 2. The Bertz CT molecular complexity index is 630. The topological polar surface area (TPSA) is 9.23 Å². The molecule has 0 fully saturated rings. The third kappa shape index (κ3) is 8.27. The summed E-state index contributed by atoms with van der Waals surface area (Å²) in [6.45, 7) is 17.2. The molecule has 0 saturated heterocycles. The van der Waals surface area contributed by atoms with Gasteiger partial charge < -0.3 is 4.74 Å². The molecule has 0 N–H and O–H groups in total. The number of fused-ring (bicyclic) bond motifs is 1. The van der Waals surface area contributed by atoms with Gasteiger partial charge in [0.1, 0.15) is 5.75 Å². The standard InChI is InChI=1S/C29H50O/c1-21(2)11-8-12-22(3)13-9-14-23(4)15-10-16-27-17-18-28-25(6)19-24(5)26(7)29(28)30-20-27/h19,21-23,27H,8-18,20H2,1-7H3/t22-,23-,27+/m1/s1. The van der Waals surface area contributed by atoms with Gasteiger partial charge in [0.2, 0.25) is 0 Å². The van der Waals surface area contributed by atoms with Crippen LogP contribution in [0.4, 0.5) is 0 Å². The van der Waals surface area contributed by atoms with Gasteiger partial charge in [-0.25, -0.2) is 0 Å². The summed E-state index contributed by atoms with van der Waals surface area (Å²) in [6.07, 6.45) is 15.1. The summed E-state index contributed by atoms with van der Waals surface area (Å²) in [5.41, 5.74) is 5.60. The molecule has 1 aromatic carbocycles. The van der Waals surface area contributed by atoms with Gasteiger partial charge >= 0.3 is 0 Å². The van der Waals surface area contributed by atoms with E-state index in [1.807, 2.05) is 0 Å². The molecular weight excluding hydrogens is 364 g/mol. The monoisotopic (exact) mass is 414 g/mol. The molecular formula is C29H50O. The third-order valence-corrected chi connectivity index (χ3v) is 7.56. The molecule has 1 aromatic rings. The molecule has 0 saturated carbocycles. The van der Waals surface area contributed by atoms with Crippen molar-refractivity contribution >= 4 is 0 Å². The Balaban J connectivity index is 1.63. The van der Waals surface area contributed by atoms with Crippen LogP contribution in [0.3, 0.4) is 0 Å². The van der Waals surface area contributed by atoms with Crippen LogP contribution in [0, 0.1) is 44.4 Å². The first-order valence-corrected chi connectivity index (χ1v) is 13.0. The Morgan fingerprint density at radius 1 is 0.833 bits per heavy atom. The van der Waals surface area contributed by atoms with Crippen molar-refractivity contribution in [3.05, 3.63) is 28.3 Å². The van der Waals surface area contributed by atoms with Crippen LogP contribution in [0.15, 0.2) is 6.07 Å². The van der Waals surface area contributed by atoms with E-state index in [4.69, 9.17) is 4.74 Å². The van der Waals surface area contributed by atoms with Crippen molar-refractivity contribution in [2.75, 3.05) is 6.61 Å². The van der Waals surface area contributed by atoms with E-state index in [0.717, 1.165) is 30.3 Å². The van der Waals surface area contributed by atoms with Gasteiger partial charge in [-0.2, -0.15) is 0 Å². The number of hydrogen-bond acceptors (Lipinski definition) is 1. The normalized spacial score (nSPS) is 18.6. The zero-order valence-electron chi connectivity index (χ0n) is 21.3. The molecule has 1 heteroatoms. The lowest BCUT2D eigenvalue weighted by Crippen LogP contribution is -2.11. The molecule has 0 spiro atoms. The van der Waals surface area contributed by atoms with E-state index in [1.165, 1.54) is 98.6 Å². The van der Waals surface area contributed by atoms with Crippen LogP contribution in [0.1, 0.15) is 114 Å². The van der Waals surface area contributed by atoms with Gasteiger partial charge in [0.15, 0.2) is 0 Å². The molecule has 0 bridgehead atoms. The molecule has 1 heterocycles. The molecule has 30 heavy (non-hydrogen) atoms. The molecule has 1 aliphatic heterocycles. The highest BCUT2D eigenvalue weighted by molar-refractivity contribution is 5.50. The average molecular weight is 415 g/mol. The highest BCUT2D eigenvalue weighted by atomic mass is 16.5. The molecule has 0 unspecified atom stereocenters. The summed E-state index contributed by atoms with van der Waals surface area (Å²) in [5, 5.41) is 0. The second kappa shape index (κ2) is 12.8. The van der Waals surface area contributed by atoms with Crippen LogP contribution in [-0.4, -0.2) is 6.61 Å². The van der Waals surface area contributed by atoms with Gasteiger partial charge in [0.25, 0.3) is 0 Å². The quantitative estimate of drug-likeness (QED) is 0.331. The maximum atomic E-state index is 6.35. The van der Waals surface area contributed by atoms with E-state index < -0.39 is 0 Å². The minimum atomic E-state index is 0.727. The van der Waals surface area contributed by atoms with Crippen molar-refractivity contribution in [1.82, 2.24) is 0 Å². The number of rotatable bonds is 12. The lowest BCUT2D eigenvalue weighted by molar-refractivity contribution is 0.236. The second-order valence-corrected chi connectivity index (χ2v) is 11.1. The Kier molecular flexibility index (Phi) is 10.8. The lowest BCUT2D eigenvalue weighted by Gasteiger charge is -2.18. The summed E-state index contributed by atoms with van der Waals surface area (Å²) in [6, 6.07) is 2.34. The van der Waals surface area contributed by atoms with E-state index in [0.29, 0.717) is 0 Å². The zero-order valence-corrected chi connectivity index (χ0v) is 21.3. The third-order valence-electron chi connectivity index (χ3n) is 7.56. The van der Waals surface area contributed by atoms with E-state index >= 15 is 0 Å². The van der Waals surface area contributed by atoms with Crippen molar-refractivity contribution in [3.8, 4) is 5.75 Å². The molecule has 0 amide bonds. The highest BCUT2D eigenvalue weighted by Crippen LogP contribution is 2.35. The Hall–Kier alpha value is -0.980. The van der Waals surface area contributed by atoms with Crippen LogP contribution in [0.2, 0.25) is 0 Å². The Morgan fingerprint density at radius 3 is 2.07 bits per heavy atom. The van der Waals surface area contributed by atoms with Crippen molar-refractivity contribution in [3.63, 3.8) is 0 Å². The van der Waals surface area contributed by atoms with Crippen LogP contribution < -0.4 is 4.74 Å². The largest absolute Gasteiger partial charge is 0.493 e. The van der Waals surface area contributed by atoms with Crippen LogP contribution >= 0.6 is 0 Å². The average Bonchev–Trinajstić information content (AvgIpc) is 2.89. The van der Waals surface area contributed by atoms with E-state index in [9.17, 15) is 0 Å². The number of benzene rings is 1. The predicted molar refractivity (Wildman–Crippen MR) is 133 cm³/mol. The van der Waals surface area contributed by atoms with E-state index in [1.54, 1.807) is 0 Å². The molecule has 172 valence electrons. The van der Waals surface area contributed by atoms with Crippen LogP contribution in [0.25, 0.3) is 0 Å². The summed E-state index contributed by atoms with van der Waals surface area (Å²) in [4.78, 5) is 0. The summed E-state index contributed by atoms with van der Waals surface area (Å²) in [7, 11) is 0. The minimum Gasteiger partial charge on any atom is -0.493 e. The predicted octanol–water partition coefficient (Wildman–Crippen LogP) is 8.99.